The molecule has 0 aliphatic rings. The Balaban J connectivity index is 2.01. The van der Waals surface area contributed by atoms with E-state index in [9.17, 15) is 4.79 Å². The topological polar surface area (TPSA) is 56.1 Å². The number of hydrogen-bond donors (Lipinski definition) is 1. The number of benzene rings is 1. The summed E-state index contributed by atoms with van der Waals surface area (Å²) in [6.07, 6.45) is 4.59. The third kappa shape index (κ3) is 2.84. The summed E-state index contributed by atoms with van der Waals surface area (Å²) in [5, 5.41) is 2.74. The molecule has 0 unspecified atom stereocenters. The van der Waals surface area contributed by atoms with Crippen LogP contribution < -0.4 is 10.1 Å². The van der Waals surface area contributed by atoms with E-state index in [1.807, 2.05) is 19.1 Å². The first-order valence-electron chi connectivity index (χ1n) is 5.32. The van der Waals surface area contributed by atoms with Gasteiger partial charge in [0.15, 0.2) is 0 Å². The van der Waals surface area contributed by atoms with Gasteiger partial charge in [-0.3, -0.25) is 4.57 Å². The SMILES string of the molecule is CCOc1ccc(NC(=O)n2ccnc2)cc1. The molecule has 2 aromatic rings. The van der Waals surface area contributed by atoms with Crippen molar-refractivity contribution in [3.8, 4) is 5.75 Å². The molecule has 17 heavy (non-hydrogen) atoms. The number of hydrogen-bond acceptors (Lipinski definition) is 3. The lowest BCUT2D eigenvalue weighted by atomic mass is 10.3. The smallest absolute Gasteiger partial charge is 0.331 e. The van der Waals surface area contributed by atoms with Crippen molar-refractivity contribution in [2.45, 2.75) is 6.92 Å². The van der Waals surface area contributed by atoms with Gasteiger partial charge in [-0.2, -0.15) is 0 Å². The zero-order chi connectivity index (χ0) is 12.1. The molecule has 5 heteroatoms. The highest BCUT2D eigenvalue weighted by atomic mass is 16.5. The first-order chi connectivity index (χ1) is 8.29. The number of aromatic nitrogens is 2. The van der Waals surface area contributed by atoms with Crippen LogP contribution in [-0.4, -0.2) is 22.2 Å². The number of rotatable bonds is 3. The highest BCUT2D eigenvalue weighted by Gasteiger charge is 2.03. The highest BCUT2D eigenvalue weighted by molar-refractivity contribution is 5.90. The first-order valence-corrected chi connectivity index (χ1v) is 5.32. The van der Waals surface area contributed by atoms with E-state index in [-0.39, 0.29) is 6.03 Å². The Kier molecular flexibility index (Phi) is 3.40. The number of carbonyl (C=O) groups is 1. The van der Waals surface area contributed by atoms with Crippen LogP contribution >= 0.6 is 0 Å². The van der Waals surface area contributed by atoms with E-state index >= 15 is 0 Å². The Morgan fingerprint density at radius 2 is 2.18 bits per heavy atom. The van der Waals surface area contributed by atoms with Gasteiger partial charge in [-0.25, -0.2) is 9.78 Å². The van der Waals surface area contributed by atoms with Gasteiger partial charge in [0.25, 0.3) is 0 Å². The average Bonchev–Trinajstić information content (AvgIpc) is 2.86. The molecular weight excluding hydrogens is 218 g/mol. The minimum Gasteiger partial charge on any atom is -0.494 e. The maximum Gasteiger partial charge on any atom is 0.331 e. The number of carbonyl (C=O) groups excluding carboxylic acids is 1. The molecule has 88 valence electrons. The Morgan fingerprint density at radius 3 is 2.76 bits per heavy atom. The summed E-state index contributed by atoms with van der Waals surface area (Å²) in [7, 11) is 0. The number of anilines is 1. The van der Waals surface area contributed by atoms with E-state index in [2.05, 4.69) is 10.3 Å². The fourth-order valence-electron chi connectivity index (χ4n) is 1.37. The van der Waals surface area contributed by atoms with Gasteiger partial charge >= 0.3 is 6.03 Å². The largest absolute Gasteiger partial charge is 0.494 e. The molecule has 0 saturated carbocycles. The normalized spacial score (nSPS) is 9.94. The van der Waals surface area contributed by atoms with Gasteiger partial charge < -0.3 is 10.1 Å². The van der Waals surface area contributed by atoms with Crippen molar-refractivity contribution in [2.75, 3.05) is 11.9 Å². The van der Waals surface area contributed by atoms with Crippen LogP contribution in [0.25, 0.3) is 0 Å². The Bertz CT molecular complexity index is 477. The van der Waals surface area contributed by atoms with Crippen molar-refractivity contribution >= 4 is 11.7 Å². The molecular formula is C12H13N3O2. The van der Waals surface area contributed by atoms with Gasteiger partial charge in [0.05, 0.1) is 6.61 Å². The lowest BCUT2D eigenvalue weighted by Gasteiger charge is -2.06. The fourth-order valence-corrected chi connectivity index (χ4v) is 1.37. The number of ether oxygens (including phenoxy) is 1. The second kappa shape index (κ2) is 5.16. The van der Waals surface area contributed by atoms with Crippen LogP contribution in [0.5, 0.6) is 5.75 Å². The van der Waals surface area contributed by atoms with Gasteiger partial charge in [-0.15, -0.1) is 0 Å². The molecule has 1 aromatic heterocycles. The zero-order valence-electron chi connectivity index (χ0n) is 9.46. The minimum absolute atomic E-state index is 0.244. The first kappa shape index (κ1) is 11.2. The number of imidazole rings is 1. The molecule has 0 radical (unpaired) electrons. The molecule has 1 amide bonds. The molecule has 0 fully saturated rings. The lowest BCUT2D eigenvalue weighted by molar-refractivity contribution is 0.253. The van der Waals surface area contributed by atoms with Crippen LogP contribution in [0.3, 0.4) is 0 Å². The van der Waals surface area contributed by atoms with Crippen LogP contribution in [0.1, 0.15) is 6.92 Å². The molecule has 0 bridgehead atoms. The van der Waals surface area contributed by atoms with E-state index in [1.165, 1.54) is 10.9 Å². The molecule has 1 aromatic carbocycles. The summed E-state index contributed by atoms with van der Waals surface area (Å²) in [5.41, 5.74) is 0.715. The van der Waals surface area contributed by atoms with Crippen LogP contribution in [-0.2, 0) is 0 Å². The summed E-state index contributed by atoms with van der Waals surface area (Å²) in [5.74, 6) is 0.785. The van der Waals surface area contributed by atoms with Gasteiger partial charge in [0.2, 0.25) is 0 Å². The molecule has 5 nitrogen and oxygen atoms in total. The monoisotopic (exact) mass is 231 g/mol. The van der Waals surface area contributed by atoms with Crippen LogP contribution in [0.2, 0.25) is 0 Å². The summed E-state index contributed by atoms with van der Waals surface area (Å²) in [6.45, 7) is 2.55. The minimum atomic E-state index is -0.244. The highest BCUT2D eigenvalue weighted by Crippen LogP contribution is 2.15. The van der Waals surface area contributed by atoms with Crippen molar-refractivity contribution in [1.29, 1.82) is 0 Å². The van der Waals surface area contributed by atoms with E-state index in [0.29, 0.717) is 12.3 Å². The lowest BCUT2D eigenvalue weighted by Crippen LogP contribution is -2.17. The Morgan fingerprint density at radius 1 is 1.41 bits per heavy atom. The molecule has 0 spiro atoms. The number of nitrogens with zero attached hydrogens (tertiary/aromatic N) is 2. The summed E-state index contributed by atoms with van der Waals surface area (Å²) < 4.78 is 6.68. The quantitative estimate of drug-likeness (QED) is 0.882. The summed E-state index contributed by atoms with van der Waals surface area (Å²) in [6, 6.07) is 6.96. The summed E-state index contributed by atoms with van der Waals surface area (Å²) >= 11 is 0. The maximum absolute atomic E-state index is 11.7. The zero-order valence-corrected chi connectivity index (χ0v) is 9.46. The predicted octanol–water partition coefficient (Wildman–Crippen LogP) is 2.36. The van der Waals surface area contributed by atoms with Gasteiger partial charge in [-0.1, -0.05) is 0 Å². The van der Waals surface area contributed by atoms with Crippen molar-refractivity contribution in [3.05, 3.63) is 43.0 Å². The van der Waals surface area contributed by atoms with E-state index in [0.717, 1.165) is 5.75 Å². The van der Waals surface area contributed by atoms with E-state index < -0.39 is 0 Å². The molecule has 0 saturated heterocycles. The van der Waals surface area contributed by atoms with E-state index in [4.69, 9.17) is 4.74 Å². The average molecular weight is 231 g/mol. The standard InChI is InChI=1S/C12H13N3O2/c1-2-17-11-5-3-10(4-6-11)14-12(16)15-8-7-13-9-15/h3-9H,2H2,1H3,(H,14,16). The van der Waals surface area contributed by atoms with Gasteiger partial charge in [0, 0.05) is 18.1 Å². The van der Waals surface area contributed by atoms with Crippen molar-refractivity contribution in [2.24, 2.45) is 0 Å². The van der Waals surface area contributed by atoms with Gasteiger partial charge in [-0.05, 0) is 31.2 Å². The number of amides is 1. The van der Waals surface area contributed by atoms with Crippen LogP contribution in [0.15, 0.2) is 43.0 Å². The third-order valence-electron chi connectivity index (χ3n) is 2.16. The fraction of sp³-hybridized carbons (Fsp3) is 0.167. The Hall–Kier alpha value is -2.30. The van der Waals surface area contributed by atoms with Crippen molar-refractivity contribution < 1.29 is 9.53 Å². The van der Waals surface area contributed by atoms with Crippen molar-refractivity contribution in [3.63, 3.8) is 0 Å². The molecule has 2 rings (SSSR count). The molecule has 1 N–H and O–H groups in total. The maximum atomic E-state index is 11.7. The Labute approximate surface area is 99.0 Å². The summed E-state index contributed by atoms with van der Waals surface area (Å²) in [4.78, 5) is 15.5. The van der Waals surface area contributed by atoms with Crippen LogP contribution in [0, 0.1) is 0 Å². The van der Waals surface area contributed by atoms with Crippen molar-refractivity contribution in [1.82, 2.24) is 9.55 Å². The predicted molar refractivity (Wildman–Crippen MR) is 64.3 cm³/mol. The molecule has 0 atom stereocenters. The van der Waals surface area contributed by atoms with Crippen LogP contribution in [0.4, 0.5) is 10.5 Å². The van der Waals surface area contributed by atoms with E-state index in [1.54, 1.807) is 24.5 Å². The second-order valence-corrected chi connectivity index (χ2v) is 3.36. The number of nitrogens with one attached hydrogen (secondary N) is 1. The van der Waals surface area contributed by atoms with Gasteiger partial charge in [0.1, 0.15) is 12.1 Å². The molecule has 0 aliphatic heterocycles. The molecule has 0 aliphatic carbocycles. The molecule has 1 heterocycles. The third-order valence-corrected chi connectivity index (χ3v) is 2.16. The second-order valence-electron chi connectivity index (χ2n) is 3.36.